The number of aryl methyl sites for hydroxylation is 1. The average Bonchev–Trinajstić information content (AvgIpc) is 3.29. The second-order valence-electron chi connectivity index (χ2n) is 6.55. The summed E-state index contributed by atoms with van der Waals surface area (Å²) < 4.78 is 5.99. The number of phenolic OH excluding ortho intramolecular Hbond substituents is 1. The molecular weight excluding hydrogens is 328 g/mol. The van der Waals surface area contributed by atoms with E-state index in [0.29, 0.717) is 17.7 Å². The normalized spacial score (nSPS) is 12.7. The molecule has 0 bridgehead atoms. The van der Waals surface area contributed by atoms with Crippen LogP contribution in [0.15, 0.2) is 59.0 Å². The largest absolute Gasteiger partial charge is 0.508 e. The lowest BCUT2D eigenvalue weighted by Gasteiger charge is -2.07. The van der Waals surface area contributed by atoms with E-state index in [2.05, 4.69) is 30.4 Å². The minimum Gasteiger partial charge on any atom is -0.508 e. The molecule has 0 aliphatic heterocycles. The molecule has 4 nitrogen and oxygen atoms in total. The third-order valence-corrected chi connectivity index (χ3v) is 4.71. The van der Waals surface area contributed by atoms with E-state index < -0.39 is 6.29 Å². The molecule has 1 aromatic heterocycles. The van der Waals surface area contributed by atoms with Gasteiger partial charge in [0.05, 0.1) is 0 Å². The van der Waals surface area contributed by atoms with Crippen LogP contribution in [-0.4, -0.2) is 21.6 Å². The van der Waals surface area contributed by atoms with Crippen LogP contribution in [0, 0.1) is 0 Å². The lowest BCUT2D eigenvalue weighted by atomic mass is 10.0. The summed E-state index contributed by atoms with van der Waals surface area (Å²) in [7, 11) is 0. The van der Waals surface area contributed by atoms with Gasteiger partial charge in [-0.05, 0) is 53.8 Å². The number of benzene rings is 2. The molecule has 3 aromatic rings. The molecule has 1 aliphatic carbocycles. The molecular formula is C22H20O4. The number of aromatic hydroxyl groups is 1. The lowest BCUT2D eigenvalue weighted by Crippen LogP contribution is -2.05. The van der Waals surface area contributed by atoms with Crippen molar-refractivity contribution in [1.82, 2.24) is 0 Å². The summed E-state index contributed by atoms with van der Waals surface area (Å²) in [6.07, 6.45) is 4.48. The van der Waals surface area contributed by atoms with Crippen LogP contribution >= 0.6 is 0 Å². The highest BCUT2D eigenvalue weighted by molar-refractivity contribution is 5.71. The van der Waals surface area contributed by atoms with E-state index in [1.807, 2.05) is 18.2 Å². The van der Waals surface area contributed by atoms with Crippen molar-refractivity contribution < 1.29 is 19.7 Å². The summed E-state index contributed by atoms with van der Waals surface area (Å²) in [5.74, 6) is 1.60. The number of rotatable bonds is 5. The highest BCUT2D eigenvalue weighted by Gasteiger charge is 2.12. The zero-order valence-corrected chi connectivity index (χ0v) is 14.2. The number of aliphatic hydroxyl groups is 2. The molecule has 1 heterocycles. The molecule has 4 heteroatoms. The van der Waals surface area contributed by atoms with Gasteiger partial charge in [-0.2, -0.15) is 0 Å². The Bertz CT molecular complexity index is 966. The number of fused-ring (bicyclic) bond motifs is 1. The van der Waals surface area contributed by atoms with Crippen LogP contribution in [0.2, 0.25) is 0 Å². The van der Waals surface area contributed by atoms with E-state index in [4.69, 9.17) is 14.6 Å². The number of furan rings is 1. The monoisotopic (exact) mass is 348 g/mol. The van der Waals surface area contributed by atoms with Crippen LogP contribution in [0.25, 0.3) is 28.7 Å². The molecule has 0 saturated carbocycles. The molecule has 0 radical (unpaired) electrons. The van der Waals surface area contributed by atoms with Crippen molar-refractivity contribution in [2.24, 2.45) is 0 Å². The molecule has 0 atom stereocenters. The maximum atomic E-state index is 10.2. The number of aliphatic hydroxyl groups excluding tert-OH is 1. The summed E-state index contributed by atoms with van der Waals surface area (Å²) in [5.41, 5.74) is 5.05. The van der Waals surface area contributed by atoms with Gasteiger partial charge in [-0.3, -0.25) is 0 Å². The summed E-state index contributed by atoms with van der Waals surface area (Å²) in [5, 5.41) is 28.1. The van der Waals surface area contributed by atoms with Crippen molar-refractivity contribution in [2.45, 2.75) is 25.6 Å². The first-order chi connectivity index (χ1) is 12.6. The summed E-state index contributed by atoms with van der Waals surface area (Å²) >= 11 is 0. The van der Waals surface area contributed by atoms with Crippen molar-refractivity contribution in [2.75, 3.05) is 0 Å². The fourth-order valence-corrected chi connectivity index (χ4v) is 3.26. The Labute approximate surface area is 151 Å². The first kappa shape index (κ1) is 16.6. The van der Waals surface area contributed by atoms with Gasteiger partial charge in [0.15, 0.2) is 6.29 Å². The van der Waals surface area contributed by atoms with E-state index >= 15 is 0 Å². The van der Waals surface area contributed by atoms with Gasteiger partial charge in [0.1, 0.15) is 17.3 Å². The maximum absolute atomic E-state index is 10.2. The van der Waals surface area contributed by atoms with Gasteiger partial charge < -0.3 is 19.7 Å². The van der Waals surface area contributed by atoms with Gasteiger partial charge in [-0.25, -0.2) is 0 Å². The molecule has 132 valence electrons. The van der Waals surface area contributed by atoms with Gasteiger partial charge in [0.2, 0.25) is 0 Å². The zero-order valence-electron chi connectivity index (χ0n) is 14.2. The SMILES string of the molecule is Oc1cc(-c2ccc(-c3ccc4c(c3)C=CC4)o2)ccc1CCC(O)O. The molecule has 0 fully saturated rings. The summed E-state index contributed by atoms with van der Waals surface area (Å²) in [6, 6.07) is 15.4. The van der Waals surface area contributed by atoms with Crippen LogP contribution in [0.5, 0.6) is 5.75 Å². The van der Waals surface area contributed by atoms with Gasteiger partial charge in [0.25, 0.3) is 0 Å². The Morgan fingerprint density at radius 2 is 1.65 bits per heavy atom. The van der Waals surface area contributed by atoms with Gasteiger partial charge >= 0.3 is 0 Å². The minimum atomic E-state index is -1.37. The van der Waals surface area contributed by atoms with Crippen LogP contribution in [0.4, 0.5) is 0 Å². The molecule has 26 heavy (non-hydrogen) atoms. The smallest absolute Gasteiger partial charge is 0.151 e. The van der Waals surface area contributed by atoms with Gasteiger partial charge in [-0.1, -0.05) is 36.4 Å². The fraction of sp³-hybridized carbons (Fsp3) is 0.182. The molecule has 0 amide bonds. The highest BCUT2D eigenvalue weighted by atomic mass is 16.5. The molecule has 0 saturated heterocycles. The van der Waals surface area contributed by atoms with E-state index in [1.54, 1.807) is 12.1 Å². The molecule has 0 unspecified atom stereocenters. The fourth-order valence-electron chi connectivity index (χ4n) is 3.26. The molecule has 0 spiro atoms. The van der Waals surface area contributed by atoms with Gasteiger partial charge in [0, 0.05) is 17.5 Å². The third-order valence-electron chi connectivity index (χ3n) is 4.71. The molecule has 2 aromatic carbocycles. The van der Waals surface area contributed by atoms with E-state index in [9.17, 15) is 5.11 Å². The Kier molecular flexibility index (Phi) is 4.37. The average molecular weight is 348 g/mol. The number of hydrogen-bond donors (Lipinski definition) is 3. The predicted molar refractivity (Wildman–Crippen MR) is 101 cm³/mol. The Balaban J connectivity index is 1.58. The number of phenols is 1. The Hall–Kier alpha value is -2.82. The second-order valence-corrected chi connectivity index (χ2v) is 6.55. The van der Waals surface area contributed by atoms with Crippen molar-refractivity contribution in [1.29, 1.82) is 0 Å². The lowest BCUT2D eigenvalue weighted by molar-refractivity contribution is -0.0447. The highest BCUT2D eigenvalue weighted by Crippen LogP contribution is 2.33. The van der Waals surface area contributed by atoms with Crippen molar-refractivity contribution in [3.05, 3.63) is 71.3 Å². The van der Waals surface area contributed by atoms with Crippen molar-refractivity contribution in [3.8, 4) is 28.4 Å². The maximum Gasteiger partial charge on any atom is 0.151 e. The first-order valence-corrected chi connectivity index (χ1v) is 8.68. The standard InChI is InChI=1S/C22H20O4/c23-19-13-18(7-5-15(19)8-11-22(24)25)21-10-9-20(26-21)17-6-4-14-2-1-3-16(14)12-17/h1,3-7,9-10,12-13,22-25H,2,8,11H2. The van der Waals surface area contributed by atoms with E-state index in [1.165, 1.54) is 11.1 Å². The second kappa shape index (κ2) is 6.83. The number of allylic oxidation sites excluding steroid dienone is 1. The molecule has 3 N–H and O–H groups in total. The van der Waals surface area contributed by atoms with E-state index in [-0.39, 0.29) is 12.2 Å². The Morgan fingerprint density at radius 1 is 0.923 bits per heavy atom. The molecule has 4 rings (SSSR count). The van der Waals surface area contributed by atoms with Gasteiger partial charge in [-0.15, -0.1) is 0 Å². The first-order valence-electron chi connectivity index (χ1n) is 8.68. The third kappa shape index (κ3) is 3.29. The quantitative estimate of drug-likeness (QED) is 0.606. The predicted octanol–water partition coefficient (Wildman–Crippen LogP) is 4.13. The summed E-state index contributed by atoms with van der Waals surface area (Å²) in [4.78, 5) is 0. The minimum absolute atomic E-state index is 0.128. The Morgan fingerprint density at radius 3 is 2.38 bits per heavy atom. The van der Waals surface area contributed by atoms with Crippen LogP contribution in [0.1, 0.15) is 23.1 Å². The zero-order chi connectivity index (χ0) is 18.1. The van der Waals surface area contributed by atoms with Crippen molar-refractivity contribution >= 4 is 6.08 Å². The van der Waals surface area contributed by atoms with Crippen LogP contribution < -0.4 is 0 Å². The molecule has 1 aliphatic rings. The van der Waals surface area contributed by atoms with Crippen LogP contribution in [0.3, 0.4) is 0 Å². The van der Waals surface area contributed by atoms with Crippen molar-refractivity contribution in [3.63, 3.8) is 0 Å². The number of hydrogen-bond acceptors (Lipinski definition) is 4. The van der Waals surface area contributed by atoms with E-state index in [0.717, 1.165) is 23.3 Å². The topological polar surface area (TPSA) is 73.8 Å². The van der Waals surface area contributed by atoms with Crippen LogP contribution in [-0.2, 0) is 12.8 Å². The summed E-state index contributed by atoms with van der Waals surface area (Å²) in [6.45, 7) is 0.